The molecule has 1 saturated heterocycles. The van der Waals surface area contributed by atoms with Crippen molar-refractivity contribution >= 4 is 0 Å². The summed E-state index contributed by atoms with van der Waals surface area (Å²) in [4.78, 5) is 4.32. The third kappa shape index (κ3) is 1.65. The summed E-state index contributed by atoms with van der Waals surface area (Å²) in [5, 5.41) is 3.97. The van der Waals surface area contributed by atoms with Crippen molar-refractivity contribution in [2.45, 2.75) is 25.2 Å². The van der Waals surface area contributed by atoms with Crippen LogP contribution in [0.25, 0.3) is 0 Å². The quantitative estimate of drug-likeness (QED) is 0.751. The van der Waals surface area contributed by atoms with E-state index in [-0.39, 0.29) is 5.41 Å². The topological polar surface area (TPSA) is 74.2 Å². The molecule has 2 heterocycles. The van der Waals surface area contributed by atoms with Gasteiger partial charge < -0.3 is 15.0 Å². The lowest BCUT2D eigenvalue weighted by Gasteiger charge is -2.15. The number of aromatic nitrogens is 2. The van der Waals surface area contributed by atoms with Gasteiger partial charge in [0.05, 0.1) is 12.0 Å². The molecule has 1 aromatic rings. The lowest BCUT2D eigenvalue weighted by molar-refractivity contribution is 0.178. The average Bonchev–Trinajstić information content (AvgIpc) is 2.75. The fourth-order valence-corrected chi connectivity index (χ4v) is 1.57. The SMILES string of the molecule is CC1(c2noc(CCN)n2)CCOC1. The molecule has 0 aromatic carbocycles. The number of nitrogens with two attached hydrogens (primary N) is 1. The van der Waals surface area contributed by atoms with Crippen molar-refractivity contribution in [3.8, 4) is 0 Å². The van der Waals surface area contributed by atoms with Crippen molar-refractivity contribution in [2.24, 2.45) is 5.73 Å². The van der Waals surface area contributed by atoms with Gasteiger partial charge in [-0.25, -0.2) is 0 Å². The van der Waals surface area contributed by atoms with Gasteiger partial charge in [-0.2, -0.15) is 4.98 Å². The Morgan fingerprint density at radius 1 is 1.57 bits per heavy atom. The summed E-state index contributed by atoms with van der Waals surface area (Å²) < 4.78 is 10.4. The Bertz CT molecular complexity index is 305. The summed E-state index contributed by atoms with van der Waals surface area (Å²) in [6.07, 6.45) is 1.60. The van der Waals surface area contributed by atoms with Gasteiger partial charge in [0, 0.05) is 19.6 Å². The minimum atomic E-state index is -0.0731. The van der Waals surface area contributed by atoms with E-state index in [1.807, 2.05) is 0 Å². The van der Waals surface area contributed by atoms with Crippen LogP contribution in [0.15, 0.2) is 4.52 Å². The first-order chi connectivity index (χ1) is 6.74. The van der Waals surface area contributed by atoms with E-state index in [0.717, 1.165) is 18.9 Å². The standard InChI is InChI=1S/C9H15N3O2/c1-9(3-5-13-6-9)8-11-7(2-4-10)14-12-8/h2-6,10H2,1H3. The van der Waals surface area contributed by atoms with E-state index < -0.39 is 0 Å². The van der Waals surface area contributed by atoms with Crippen LogP contribution in [0.5, 0.6) is 0 Å². The van der Waals surface area contributed by atoms with Gasteiger partial charge >= 0.3 is 0 Å². The molecule has 0 bridgehead atoms. The zero-order valence-electron chi connectivity index (χ0n) is 8.32. The van der Waals surface area contributed by atoms with Crippen molar-refractivity contribution in [1.29, 1.82) is 0 Å². The Kier molecular flexibility index (Phi) is 2.52. The highest BCUT2D eigenvalue weighted by Gasteiger charge is 2.36. The molecule has 0 spiro atoms. The van der Waals surface area contributed by atoms with Crippen LogP contribution >= 0.6 is 0 Å². The van der Waals surface area contributed by atoms with E-state index in [1.54, 1.807) is 0 Å². The molecule has 0 amide bonds. The number of hydrogen-bond acceptors (Lipinski definition) is 5. The van der Waals surface area contributed by atoms with E-state index in [4.69, 9.17) is 15.0 Å². The molecule has 1 aliphatic heterocycles. The fraction of sp³-hybridized carbons (Fsp3) is 0.778. The normalized spacial score (nSPS) is 27.0. The molecular formula is C9H15N3O2. The van der Waals surface area contributed by atoms with Crippen LogP contribution in [-0.2, 0) is 16.6 Å². The molecule has 14 heavy (non-hydrogen) atoms. The maximum atomic E-state index is 5.40. The molecule has 1 aromatic heterocycles. The second kappa shape index (κ2) is 3.67. The van der Waals surface area contributed by atoms with E-state index in [1.165, 1.54) is 0 Å². The predicted octanol–water partition coefficient (Wildman–Crippen LogP) is 0.249. The summed E-state index contributed by atoms with van der Waals surface area (Å²) in [5.41, 5.74) is 5.33. The van der Waals surface area contributed by atoms with Gasteiger partial charge in [-0.3, -0.25) is 0 Å². The fourth-order valence-electron chi connectivity index (χ4n) is 1.57. The van der Waals surface area contributed by atoms with Crippen LogP contribution in [0.1, 0.15) is 25.1 Å². The van der Waals surface area contributed by atoms with Gasteiger partial charge in [0.1, 0.15) is 0 Å². The molecule has 5 nitrogen and oxygen atoms in total. The predicted molar refractivity (Wildman–Crippen MR) is 49.8 cm³/mol. The number of ether oxygens (including phenoxy) is 1. The second-order valence-electron chi connectivity index (χ2n) is 3.91. The Morgan fingerprint density at radius 2 is 2.43 bits per heavy atom. The van der Waals surface area contributed by atoms with Crippen LogP contribution in [0.2, 0.25) is 0 Å². The zero-order valence-corrected chi connectivity index (χ0v) is 8.32. The third-order valence-corrected chi connectivity index (χ3v) is 2.58. The monoisotopic (exact) mass is 197 g/mol. The second-order valence-corrected chi connectivity index (χ2v) is 3.91. The van der Waals surface area contributed by atoms with Gasteiger partial charge in [-0.05, 0) is 13.3 Å². The Hall–Kier alpha value is -0.940. The Morgan fingerprint density at radius 3 is 3.07 bits per heavy atom. The first-order valence-corrected chi connectivity index (χ1v) is 4.85. The maximum absolute atomic E-state index is 5.40. The summed E-state index contributed by atoms with van der Waals surface area (Å²) in [6.45, 7) is 4.08. The highest BCUT2D eigenvalue weighted by molar-refractivity contribution is 5.07. The molecule has 2 rings (SSSR count). The summed E-state index contributed by atoms with van der Waals surface area (Å²) in [5.74, 6) is 1.37. The van der Waals surface area contributed by atoms with Crippen LogP contribution < -0.4 is 5.73 Å². The smallest absolute Gasteiger partial charge is 0.227 e. The zero-order chi connectivity index (χ0) is 10.0. The highest BCUT2D eigenvalue weighted by atomic mass is 16.5. The van der Waals surface area contributed by atoms with E-state index in [9.17, 15) is 0 Å². The van der Waals surface area contributed by atoms with Gasteiger partial charge in [0.2, 0.25) is 5.89 Å². The molecule has 0 aliphatic carbocycles. The van der Waals surface area contributed by atoms with Crippen LogP contribution in [-0.4, -0.2) is 29.9 Å². The van der Waals surface area contributed by atoms with Gasteiger partial charge in [-0.15, -0.1) is 0 Å². The van der Waals surface area contributed by atoms with Crippen LogP contribution in [0.3, 0.4) is 0 Å². The van der Waals surface area contributed by atoms with E-state index in [0.29, 0.717) is 25.5 Å². The number of nitrogens with zero attached hydrogens (tertiary/aromatic N) is 2. The van der Waals surface area contributed by atoms with Crippen molar-refractivity contribution in [3.63, 3.8) is 0 Å². The largest absolute Gasteiger partial charge is 0.380 e. The lowest BCUT2D eigenvalue weighted by atomic mass is 9.89. The lowest BCUT2D eigenvalue weighted by Crippen LogP contribution is -2.23. The van der Waals surface area contributed by atoms with Crippen molar-refractivity contribution < 1.29 is 9.26 Å². The first kappa shape index (κ1) is 9.61. The highest BCUT2D eigenvalue weighted by Crippen LogP contribution is 2.30. The Balaban J connectivity index is 2.15. The minimum Gasteiger partial charge on any atom is -0.380 e. The van der Waals surface area contributed by atoms with Crippen LogP contribution in [0.4, 0.5) is 0 Å². The van der Waals surface area contributed by atoms with Crippen molar-refractivity contribution in [1.82, 2.24) is 10.1 Å². The molecule has 1 unspecified atom stereocenters. The summed E-state index contributed by atoms with van der Waals surface area (Å²) >= 11 is 0. The molecule has 1 fully saturated rings. The minimum absolute atomic E-state index is 0.0731. The molecule has 0 saturated carbocycles. The van der Waals surface area contributed by atoms with Crippen molar-refractivity contribution in [2.75, 3.05) is 19.8 Å². The molecule has 78 valence electrons. The summed E-state index contributed by atoms with van der Waals surface area (Å²) in [7, 11) is 0. The average molecular weight is 197 g/mol. The van der Waals surface area contributed by atoms with Gasteiger partial charge in [0.15, 0.2) is 5.82 Å². The molecule has 1 aliphatic rings. The van der Waals surface area contributed by atoms with Gasteiger partial charge in [-0.1, -0.05) is 5.16 Å². The molecule has 5 heteroatoms. The number of hydrogen-bond donors (Lipinski definition) is 1. The van der Waals surface area contributed by atoms with Crippen molar-refractivity contribution in [3.05, 3.63) is 11.7 Å². The Labute approximate surface area is 82.6 Å². The molecule has 2 N–H and O–H groups in total. The van der Waals surface area contributed by atoms with Crippen LogP contribution in [0, 0.1) is 0 Å². The van der Waals surface area contributed by atoms with Gasteiger partial charge in [0.25, 0.3) is 0 Å². The van der Waals surface area contributed by atoms with E-state index >= 15 is 0 Å². The molecule has 1 atom stereocenters. The number of rotatable bonds is 3. The molecule has 0 radical (unpaired) electrons. The third-order valence-electron chi connectivity index (χ3n) is 2.58. The summed E-state index contributed by atoms with van der Waals surface area (Å²) in [6, 6.07) is 0. The molecular weight excluding hydrogens is 182 g/mol. The first-order valence-electron chi connectivity index (χ1n) is 4.85. The maximum Gasteiger partial charge on any atom is 0.227 e. The van der Waals surface area contributed by atoms with E-state index in [2.05, 4.69) is 17.1 Å².